The van der Waals surface area contributed by atoms with Gasteiger partial charge >= 0.3 is 0 Å². The van der Waals surface area contributed by atoms with Gasteiger partial charge in [-0.15, -0.1) is 0 Å². The van der Waals surface area contributed by atoms with E-state index in [1.165, 1.54) is 0 Å². The average Bonchev–Trinajstić information content (AvgIpc) is 1.96. The van der Waals surface area contributed by atoms with Crippen LogP contribution in [0.5, 0.6) is 0 Å². The maximum Gasteiger partial charge on any atom is 0.131 e. The number of anilines is 2. The van der Waals surface area contributed by atoms with Crippen LogP contribution in [0, 0.1) is 0 Å². The predicted octanol–water partition coefficient (Wildman–Crippen LogP) is 1.46. The van der Waals surface area contributed by atoms with Crippen molar-refractivity contribution in [1.29, 1.82) is 0 Å². The molecule has 0 saturated carbocycles. The highest BCUT2D eigenvalue weighted by molar-refractivity contribution is 6.29. The van der Waals surface area contributed by atoms with Gasteiger partial charge in [-0.1, -0.05) is 18.5 Å². The van der Waals surface area contributed by atoms with Gasteiger partial charge in [0, 0.05) is 6.07 Å². The molecule has 3 nitrogen and oxygen atoms in total. The monoisotopic (exact) mass is 171 g/mol. The molecule has 0 aliphatic carbocycles. The molecule has 1 aromatic heterocycles. The van der Waals surface area contributed by atoms with Gasteiger partial charge in [-0.25, -0.2) is 4.98 Å². The number of nitrogen functional groups attached to an aromatic ring is 2. The highest BCUT2D eigenvalue weighted by atomic mass is 35.5. The minimum Gasteiger partial charge on any atom is -0.397 e. The van der Waals surface area contributed by atoms with Gasteiger partial charge in [0.05, 0.1) is 17.1 Å². The number of aromatic nitrogens is 1. The summed E-state index contributed by atoms with van der Waals surface area (Å²) in [5.74, 6) is 0. The maximum atomic E-state index is 5.65. The lowest BCUT2D eigenvalue weighted by Crippen LogP contribution is -2.01. The molecular formula is C7H10ClN3. The third kappa shape index (κ3) is 1.54. The lowest BCUT2D eigenvalue weighted by Gasteiger charge is -2.04. The minimum absolute atomic E-state index is 0.397. The van der Waals surface area contributed by atoms with Crippen molar-refractivity contribution in [2.24, 2.45) is 0 Å². The number of halogens is 1. The van der Waals surface area contributed by atoms with E-state index in [1.54, 1.807) is 6.07 Å². The number of hydrogen-bond donors (Lipinski definition) is 2. The zero-order chi connectivity index (χ0) is 8.43. The molecule has 0 radical (unpaired) electrons. The van der Waals surface area contributed by atoms with Crippen LogP contribution in [-0.2, 0) is 6.42 Å². The number of hydrogen-bond acceptors (Lipinski definition) is 3. The fourth-order valence-corrected chi connectivity index (χ4v) is 1.08. The molecule has 4 heteroatoms. The van der Waals surface area contributed by atoms with Crippen LogP contribution < -0.4 is 11.5 Å². The molecule has 1 rings (SSSR count). The lowest BCUT2D eigenvalue weighted by atomic mass is 10.2. The van der Waals surface area contributed by atoms with E-state index in [2.05, 4.69) is 4.98 Å². The SMILES string of the molecule is CCc1nc(Cl)cc(N)c1N. The van der Waals surface area contributed by atoms with E-state index >= 15 is 0 Å². The Morgan fingerprint density at radius 2 is 2.18 bits per heavy atom. The van der Waals surface area contributed by atoms with Crippen molar-refractivity contribution in [3.63, 3.8) is 0 Å². The van der Waals surface area contributed by atoms with Crippen LogP contribution in [0.2, 0.25) is 5.15 Å². The van der Waals surface area contributed by atoms with Gasteiger partial charge in [0.25, 0.3) is 0 Å². The molecule has 1 aromatic rings. The Labute approximate surface area is 70.4 Å². The summed E-state index contributed by atoms with van der Waals surface area (Å²) in [4.78, 5) is 4.01. The highest BCUT2D eigenvalue weighted by Crippen LogP contribution is 2.21. The van der Waals surface area contributed by atoms with Gasteiger partial charge < -0.3 is 11.5 Å². The average molecular weight is 172 g/mol. The highest BCUT2D eigenvalue weighted by Gasteiger charge is 2.03. The van der Waals surface area contributed by atoms with Crippen molar-refractivity contribution in [1.82, 2.24) is 4.98 Å². The quantitative estimate of drug-likeness (QED) is 0.629. The van der Waals surface area contributed by atoms with Crippen molar-refractivity contribution in [2.45, 2.75) is 13.3 Å². The third-order valence-corrected chi connectivity index (χ3v) is 1.67. The number of nitrogens with zero attached hydrogens (tertiary/aromatic N) is 1. The second-order valence-corrected chi connectivity index (χ2v) is 2.64. The summed E-state index contributed by atoms with van der Waals surface area (Å²) < 4.78 is 0. The van der Waals surface area contributed by atoms with Crippen molar-refractivity contribution in [2.75, 3.05) is 11.5 Å². The molecule has 11 heavy (non-hydrogen) atoms. The van der Waals surface area contributed by atoms with Crippen molar-refractivity contribution in [3.8, 4) is 0 Å². The molecule has 0 aromatic carbocycles. The summed E-state index contributed by atoms with van der Waals surface area (Å²) in [5, 5.41) is 0.397. The molecule has 0 aliphatic rings. The summed E-state index contributed by atoms with van der Waals surface area (Å²) in [6.45, 7) is 1.95. The Hall–Kier alpha value is -0.960. The number of rotatable bonds is 1. The van der Waals surface area contributed by atoms with E-state index in [9.17, 15) is 0 Å². The van der Waals surface area contributed by atoms with Crippen LogP contribution in [0.25, 0.3) is 0 Å². The number of aryl methyl sites for hydroxylation is 1. The zero-order valence-electron chi connectivity index (χ0n) is 6.26. The van der Waals surface area contributed by atoms with Gasteiger partial charge in [0.1, 0.15) is 5.15 Å². The summed E-state index contributed by atoms with van der Waals surface area (Å²) in [6.07, 6.45) is 0.747. The van der Waals surface area contributed by atoms with E-state index in [4.69, 9.17) is 23.1 Å². The largest absolute Gasteiger partial charge is 0.397 e. The smallest absolute Gasteiger partial charge is 0.131 e. The summed E-state index contributed by atoms with van der Waals surface area (Å²) in [7, 11) is 0. The topological polar surface area (TPSA) is 64.9 Å². The van der Waals surface area contributed by atoms with Crippen LogP contribution in [0.4, 0.5) is 11.4 Å². The molecule has 0 saturated heterocycles. The first-order chi connectivity index (χ1) is 5.15. The standard InChI is InChI=1S/C7H10ClN3/c1-2-5-7(10)4(9)3-6(8)11-5/h3H,2,10H2,1H3,(H2,9,11). The molecule has 60 valence electrons. The fraction of sp³-hybridized carbons (Fsp3) is 0.286. The van der Waals surface area contributed by atoms with Gasteiger partial charge in [-0.05, 0) is 6.42 Å². The van der Waals surface area contributed by atoms with E-state index < -0.39 is 0 Å². The predicted molar refractivity (Wildman–Crippen MR) is 47.4 cm³/mol. The molecule has 4 N–H and O–H groups in total. The van der Waals surface area contributed by atoms with E-state index in [0.29, 0.717) is 16.5 Å². The summed E-state index contributed by atoms with van der Waals surface area (Å²) >= 11 is 5.65. The fourth-order valence-electron chi connectivity index (χ4n) is 0.864. The van der Waals surface area contributed by atoms with Crippen LogP contribution in [0.3, 0.4) is 0 Å². The lowest BCUT2D eigenvalue weighted by molar-refractivity contribution is 1.04. The van der Waals surface area contributed by atoms with Crippen molar-refractivity contribution < 1.29 is 0 Å². The van der Waals surface area contributed by atoms with E-state index in [1.807, 2.05) is 6.92 Å². The van der Waals surface area contributed by atoms with Crippen molar-refractivity contribution in [3.05, 3.63) is 16.9 Å². The Kier molecular flexibility index (Phi) is 2.19. The van der Waals surface area contributed by atoms with E-state index in [-0.39, 0.29) is 0 Å². The number of nitrogens with two attached hydrogens (primary N) is 2. The van der Waals surface area contributed by atoms with Crippen LogP contribution in [0.1, 0.15) is 12.6 Å². The molecule has 0 spiro atoms. The Morgan fingerprint density at radius 1 is 1.55 bits per heavy atom. The van der Waals surface area contributed by atoms with Crippen LogP contribution >= 0.6 is 11.6 Å². The van der Waals surface area contributed by atoms with Gasteiger partial charge in [0.2, 0.25) is 0 Å². The first-order valence-electron chi connectivity index (χ1n) is 3.35. The Bertz CT molecular complexity index is 273. The van der Waals surface area contributed by atoms with Crippen LogP contribution in [0.15, 0.2) is 6.07 Å². The molecule has 0 fully saturated rings. The number of pyridine rings is 1. The third-order valence-electron chi connectivity index (χ3n) is 1.47. The zero-order valence-corrected chi connectivity index (χ0v) is 7.02. The minimum atomic E-state index is 0.397. The summed E-state index contributed by atoms with van der Waals surface area (Å²) in [5.41, 5.74) is 13.0. The Morgan fingerprint density at radius 3 is 2.73 bits per heavy atom. The van der Waals surface area contributed by atoms with Gasteiger partial charge in [-0.3, -0.25) is 0 Å². The van der Waals surface area contributed by atoms with Gasteiger partial charge in [-0.2, -0.15) is 0 Å². The Balaban J connectivity index is 3.24. The molecule has 0 amide bonds. The maximum absolute atomic E-state index is 5.65. The first-order valence-corrected chi connectivity index (χ1v) is 3.73. The second kappa shape index (κ2) is 2.96. The molecule has 0 aliphatic heterocycles. The molecule has 0 bridgehead atoms. The molecule has 1 heterocycles. The summed E-state index contributed by atoms with van der Waals surface area (Å²) in [6, 6.07) is 1.55. The van der Waals surface area contributed by atoms with E-state index in [0.717, 1.165) is 12.1 Å². The normalized spacial score (nSPS) is 10.0. The van der Waals surface area contributed by atoms with Crippen molar-refractivity contribution >= 4 is 23.0 Å². The first kappa shape index (κ1) is 8.14. The molecular weight excluding hydrogens is 162 g/mol. The van der Waals surface area contributed by atoms with Crippen LogP contribution in [-0.4, -0.2) is 4.98 Å². The second-order valence-electron chi connectivity index (χ2n) is 2.25. The molecule has 0 atom stereocenters. The van der Waals surface area contributed by atoms with Gasteiger partial charge in [0.15, 0.2) is 0 Å². The molecule has 0 unspecified atom stereocenters.